The minimum atomic E-state index is -1.07. The lowest BCUT2D eigenvalue weighted by molar-refractivity contribution is -0.277. The Balaban J connectivity index is 1.95. The Hall–Kier alpha value is -1.62. The van der Waals surface area contributed by atoms with Crippen molar-refractivity contribution in [1.29, 1.82) is 0 Å². The third-order valence-corrected chi connectivity index (χ3v) is 12.7. The molecule has 0 spiro atoms. The van der Waals surface area contributed by atoms with Crippen molar-refractivity contribution in [3.63, 3.8) is 0 Å². The van der Waals surface area contributed by atoms with Crippen molar-refractivity contribution < 1.29 is 39.8 Å². The predicted octanol–water partition coefficient (Wildman–Crippen LogP) is 7.45. The van der Waals surface area contributed by atoms with Gasteiger partial charge in [0.15, 0.2) is 18.4 Å². The summed E-state index contributed by atoms with van der Waals surface area (Å²) in [6, 6.07) is 0.206. The van der Waals surface area contributed by atoms with Gasteiger partial charge >= 0.3 is 5.97 Å². The average molecular weight is 722 g/mol. The molecule has 0 bridgehead atoms. The van der Waals surface area contributed by atoms with Crippen LogP contribution >= 0.6 is 0 Å². The van der Waals surface area contributed by atoms with Gasteiger partial charge in [0.05, 0.1) is 37.4 Å². The lowest BCUT2D eigenvalue weighted by Gasteiger charge is -2.48. The standard InChI is InChI=1S/C42H73NO8/c1-15-33-20-24(4)35(44)18-17-23(3)19-34(22-47-41-27(7)25(5)26(6)31(11)48-41)37(16-2)50-38(46)21-36(45)29(9)40(33)51-42-30(10)39(43(13)14)28(8)32(12)49-42/h17-19,24-34,36-37,39-42,45H,15-16,20-22H2,1-14H3/b18-17+,23-19+/t24-,25-,26+,27-,28-,29+,30-,31-,32-,33+,34-,36-,37-,39+,40-,41-,42+/m1/s1/i1T. The largest absolute Gasteiger partial charge is 0.462 e. The number of hydrogen-bond acceptors (Lipinski definition) is 9. The smallest absolute Gasteiger partial charge is 0.308 e. The topological polar surface area (TPSA) is 104 Å². The van der Waals surface area contributed by atoms with Crippen molar-refractivity contribution in [1.82, 2.24) is 4.90 Å². The van der Waals surface area contributed by atoms with Crippen LogP contribution in [0.3, 0.4) is 0 Å². The SMILES string of the molecule is [3H]CC[C@H]1C[C@@H](C)C(=O)/C=C/C(C)=C/[C@H](CO[C@@H]2O[C@H](C)[C@@H](C)[C@@H](C)[C@H]2C)[C@@H](CC)OC(=O)C[C@@H](O)[C@H](C)[C@H]1O[C@@H]1O[C@H](C)[C@@H](C)[C@H](N(C)C)[C@H]1C. The molecule has 294 valence electrons. The van der Waals surface area contributed by atoms with Gasteiger partial charge in [-0.2, -0.15) is 0 Å². The number of aliphatic hydroxyl groups excluding tert-OH is 1. The molecule has 0 unspecified atom stereocenters. The number of esters is 1. The van der Waals surface area contributed by atoms with Gasteiger partial charge in [0.2, 0.25) is 0 Å². The number of hydrogen-bond donors (Lipinski definition) is 1. The van der Waals surface area contributed by atoms with E-state index in [1.165, 1.54) is 0 Å². The van der Waals surface area contributed by atoms with Crippen LogP contribution in [0.5, 0.6) is 0 Å². The van der Waals surface area contributed by atoms with Gasteiger partial charge in [0, 0.05) is 37.0 Å². The number of ketones is 1. The van der Waals surface area contributed by atoms with E-state index in [1.807, 2.05) is 39.8 Å². The predicted molar refractivity (Wildman–Crippen MR) is 202 cm³/mol. The van der Waals surface area contributed by atoms with E-state index in [-0.39, 0.29) is 85.8 Å². The first-order valence-electron chi connectivity index (χ1n) is 20.4. The van der Waals surface area contributed by atoms with Gasteiger partial charge < -0.3 is 33.7 Å². The normalized spacial score (nSPS) is 45.8. The van der Waals surface area contributed by atoms with Crippen molar-refractivity contribution >= 4 is 11.8 Å². The van der Waals surface area contributed by atoms with Crippen LogP contribution in [0.25, 0.3) is 0 Å². The molecule has 0 aromatic rings. The molecule has 2 fully saturated rings. The maximum absolute atomic E-state index is 13.6. The fourth-order valence-electron chi connectivity index (χ4n) is 8.59. The number of aliphatic hydroxyl groups is 1. The maximum atomic E-state index is 13.6. The molecule has 1 N–H and O–H groups in total. The second-order valence-corrected chi connectivity index (χ2v) is 16.7. The molecule has 9 nitrogen and oxygen atoms in total. The second kappa shape index (κ2) is 19.6. The van der Waals surface area contributed by atoms with E-state index in [9.17, 15) is 14.7 Å². The van der Waals surface area contributed by atoms with Crippen molar-refractivity contribution in [2.45, 2.75) is 158 Å². The molecule has 0 saturated carbocycles. The quantitative estimate of drug-likeness (QED) is 0.256. The highest BCUT2D eigenvalue weighted by Crippen LogP contribution is 2.39. The highest BCUT2D eigenvalue weighted by atomic mass is 16.7. The molecule has 0 radical (unpaired) electrons. The summed E-state index contributed by atoms with van der Waals surface area (Å²) in [4.78, 5) is 29.4. The molecule has 0 amide bonds. The molecule has 2 saturated heterocycles. The molecular formula is C42H73NO8. The Bertz CT molecular complexity index is 1190. The molecule has 51 heavy (non-hydrogen) atoms. The number of ether oxygens (including phenoxy) is 5. The number of cyclic esters (lactones) is 1. The Morgan fingerprint density at radius 2 is 1.51 bits per heavy atom. The van der Waals surface area contributed by atoms with E-state index in [2.05, 4.69) is 67.5 Å². The van der Waals surface area contributed by atoms with Crippen molar-refractivity contribution in [2.24, 2.45) is 53.3 Å². The van der Waals surface area contributed by atoms with Gasteiger partial charge in [-0.3, -0.25) is 9.59 Å². The zero-order valence-corrected chi connectivity index (χ0v) is 34.0. The van der Waals surface area contributed by atoms with E-state index in [1.54, 1.807) is 6.08 Å². The number of carbonyl (C=O) groups is 2. The Morgan fingerprint density at radius 3 is 2.14 bits per heavy atom. The average Bonchev–Trinajstić information content (AvgIpc) is 3.08. The Kier molecular flexibility index (Phi) is 16.2. The van der Waals surface area contributed by atoms with Crippen LogP contribution in [-0.2, 0) is 33.3 Å². The lowest BCUT2D eigenvalue weighted by atomic mass is 9.79. The van der Waals surface area contributed by atoms with Gasteiger partial charge in [0.25, 0.3) is 0 Å². The van der Waals surface area contributed by atoms with Crippen LogP contribution in [0.15, 0.2) is 23.8 Å². The van der Waals surface area contributed by atoms with E-state index in [0.29, 0.717) is 31.1 Å². The molecule has 3 heterocycles. The number of allylic oxidation sites excluding steroid dienone is 3. The molecule has 17 atom stereocenters. The second-order valence-electron chi connectivity index (χ2n) is 16.7. The van der Waals surface area contributed by atoms with Crippen molar-refractivity contribution in [3.8, 4) is 0 Å². The molecule has 3 aliphatic heterocycles. The fourth-order valence-corrected chi connectivity index (χ4v) is 8.59. The van der Waals surface area contributed by atoms with E-state index in [4.69, 9.17) is 25.1 Å². The monoisotopic (exact) mass is 722 g/mol. The summed E-state index contributed by atoms with van der Waals surface area (Å²) in [6.45, 7) is 23.2. The third kappa shape index (κ3) is 11.2. The molecule has 3 aliphatic rings. The zero-order chi connectivity index (χ0) is 39.0. The number of carbonyl (C=O) groups excluding carboxylic acids is 2. The first-order chi connectivity index (χ1) is 24.4. The Morgan fingerprint density at radius 1 is 0.863 bits per heavy atom. The third-order valence-electron chi connectivity index (χ3n) is 12.7. The van der Waals surface area contributed by atoms with Crippen LogP contribution in [-0.4, -0.2) is 91.6 Å². The van der Waals surface area contributed by atoms with E-state index >= 15 is 0 Å². The van der Waals surface area contributed by atoms with Crippen LogP contribution in [0, 0.1) is 53.3 Å². The summed E-state index contributed by atoms with van der Waals surface area (Å²) in [5.41, 5.74) is 0.864. The molecule has 3 rings (SSSR count). The molecule has 9 heteroatoms. The van der Waals surface area contributed by atoms with Gasteiger partial charge in [-0.1, -0.05) is 86.4 Å². The summed E-state index contributed by atoms with van der Waals surface area (Å²) in [5, 5.41) is 11.7. The first-order valence-corrected chi connectivity index (χ1v) is 19.7. The van der Waals surface area contributed by atoms with Gasteiger partial charge in [0.1, 0.15) is 6.10 Å². The molecule has 0 aliphatic carbocycles. The van der Waals surface area contributed by atoms with E-state index in [0.717, 1.165) is 5.57 Å². The van der Waals surface area contributed by atoms with Gasteiger partial charge in [-0.05, 0) is 77.5 Å². The summed E-state index contributed by atoms with van der Waals surface area (Å²) < 4.78 is 40.4. The van der Waals surface area contributed by atoms with Crippen LogP contribution < -0.4 is 0 Å². The minimum Gasteiger partial charge on any atom is -0.462 e. The van der Waals surface area contributed by atoms with Gasteiger partial charge in [-0.15, -0.1) is 0 Å². The van der Waals surface area contributed by atoms with Crippen LogP contribution in [0.4, 0.5) is 0 Å². The zero-order valence-electron chi connectivity index (χ0n) is 35.0. The van der Waals surface area contributed by atoms with Crippen molar-refractivity contribution in [2.75, 3.05) is 20.7 Å². The maximum Gasteiger partial charge on any atom is 0.308 e. The first kappa shape index (κ1) is 42.1. The summed E-state index contributed by atoms with van der Waals surface area (Å²) >= 11 is 0. The van der Waals surface area contributed by atoms with Crippen LogP contribution in [0.1, 0.15) is 110 Å². The molecule has 0 aromatic carbocycles. The van der Waals surface area contributed by atoms with Crippen molar-refractivity contribution in [3.05, 3.63) is 23.8 Å². The molecule has 0 aromatic heterocycles. The number of rotatable bonds is 8. The van der Waals surface area contributed by atoms with Crippen LogP contribution in [0.2, 0.25) is 0 Å². The lowest BCUT2D eigenvalue weighted by Crippen LogP contribution is -2.56. The highest BCUT2D eigenvalue weighted by molar-refractivity contribution is 5.91. The highest BCUT2D eigenvalue weighted by Gasteiger charge is 2.45. The van der Waals surface area contributed by atoms with E-state index < -0.39 is 36.5 Å². The Labute approximate surface area is 311 Å². The molecular weight excluding hydrogens is 646 g/mol. The van der Waals surface area contributed by atoms with Gasteiger partial charge in [-0.25, -0.2) is 0 Å². The fraction of sp³-hybridized carbons (Fsp3) is 0.857. The summed E-state index contributed by atoms with van der Waals surface area (Å²) in [7, 11) is 4.15. The summed E-state index contributed by atoms with van der Waals surface area (Å²) in [6.07, 6.45) is 3.69. The summed E-state index contributed by atoms with van der Waals surface area (Å²) in [5.74, 6) is -0.537. The number of nitrogens with zero attached hydrogens (tertiary/aromatic N) is 1. The minimum absolute atomic E-state index is 0.00743.